The molecule has 0 bridgehead atoms. The number of ketones is 1. The van der Waals surface area contributed by atoms with Crippen molar-refractivity contribution in [3.8, 4) is 11.5 Å². The Balaban J connectivity index is 2.55. The second-order valence-corrected chi connectivity index (χ2v) is 3.55. The second kappa shape index (κ2) is 4.40. The molecular weight excluding hydrogens is 226 g/mol. The van der Waals surface area contributed by atoms with Crippen molar-refractivity contribution in [3.05, 3.63) is 27.8 Å². The van der Waals surface area contributed by atoms with E-state index in [9.17, 15) is 14.9 Å². The van der Waals surface area contributed by atoms with Gasteiger partial charge in [-0.15, -0.1) is 0 Å². The van der Waals surface area contributed by atoms with E-state index in [4.69, 9.17) is 9.47 Å². The molecule has 1 aliphatic rings. The molecule has 0 unspecified atom stereocenters. The van der Waals surface area contributed by atoms with Gasteiger partial charge in [0.05, 0.1) is 16.6 Å². The largest absolute Gasteiger partial charge is 0.486 e. The van der Waals surface area contributed by atoms with Gasteiger partial charge in [-0.25, -0.2) is 0 Å². The monoisotopic (exact) mass is 237 g/mol. The van der Waals surface area contributed by atoms with Gasteiger partial charge in [0, 0.05) is 12.5 Å². The quantitative estimate of drug-likeness (QED) is 0.456. The summed E-state index contributed by atoms with van der Waals surface area (Å²) in [7, 11) is 0. The van der Waals surface area contributed by atoms with Crippen molar-refractivity contribution in [2.24, 2.45) is 0 Å². The molecular formula is C11H11NO5. The van der Waals surface area contributed by atoms with Crippen molar-refractivity contribution in [1.82, 2.24) is 0 Å². The van der Waals surface area contributed by atoms with Gasteiger partial charge in [-0.05, 0) is 0 Å². The van der Waals surface area contributed by atoms with Gasteiger partial charge in [0.2, 0.25) is 0 Å². The van der Waals surface area contributed by atoms with E-state index in [1.165, 1.54) is 12.1 Å². The molecule has 0 saturated heterocycles. The highest BCUT2D eigenvalue weighted by Gasteiger charge is 2.25. The summed E-state index contributed by atoms with van der Waals surface area (Å²) in [5, 5.41) is 10.9. The summed E-state index contributed by atoms with van der Waals surface area (Å²) in [4.78, 5) is 21.9. The zero-order valence-corrected chi connectivity index (χ0v) is 9.26. The molecule has 0 amide bonds. The van der Waals surface area contributed by atoms with Crippen molar-refractivity contribution >= 4 is 11.5 Å². The summed E-state index contributed by atoms with van der Waals surface area (Å²) in [5.41, 5.74) is -0.164. The molecule has 0 fully saturated rings. The van der Waals surface area contributed by atoms with Crippen LogP contribution in [0.1, 0.15) is 23.7 Å². The smallest absolute Gasteiger partial charge is 0.284 e. The average molecular weight is 237 g/mol. The molecule has 1 heterocycles. The van der Waals surface area contributed by atoms with Gasteiger partial charge in [-0.3, -0.25) is 14.9 Å². The van der Waals surface area contributed by atoms with Gasteiger partial charge in [-0.1, -0.05) is 6.92 Å². The van der Waals surface area contributed by atoms with Gasteiger partial charge in [-0.2, -0.15) is 0 Å². The number of nitro benzene ring substituents is 1. The Bertz CT molecular complexity index is 483. The lowest BCUT2D eigenvalue weighted by molar-refractivity contribution is -0.385. The minimum atomic E-state index is -0.582. The van der Waals surface area contributed by atoms with Crippen molar-refractivity contribution in [2.75, 3.05) is 13.2 Å². The summed E-state index contributed by atoms with van der Waals surface area (Å²) < 4.78 is 10.5. The molecule has 1 aromatic rings. The Labute approximate surface area is 97.3 Å². The maximum absolute atomic E-state index is 11.6. The summed E-state index contributed by atoms with van der Waals surface area (Å²) in [5.74, 6) is 0.419. The number of hydrogen-bond acceptors (Lipinski definition) is 5. The average Bonchev–Trinajstić information content (AvgIpc) is 2.36. The van der Waals surface area contributed by atoms with Crippen LogP contribution in [0.4, 0.5) is 5.69 Å². The second-order valence-electron chi connectivity index (χ2n) is 3.55. The molecule has 0 aromatic heterocycles. The van der Waals surface area contributed by atoms with Crippen LogP contribution in [0.2, 0.25) is 0 Å². The first-order valence-corrected chi connectivity index (χ1v) is 5.24. The van der Waals surface area contributed by atoms with E-state index in [1.54, 1.807) is 6.92 Å². The summed E-state index contributed by atoms with van der Waals surface area (Å²) in [6.45, 7) is 2.39. The van der Waals surface area contributed by atoms with E-state index in [0.29, 0.717) is 24.7 Å². The fraction of sp³-hybridized carbons (Fsp3) is 0.364. The maximum atomic E-state index is 11.6. The number of fused-ring (bicyclic) bond motifs is 1. The molecule has 90 valence electrons. The molecule has 1 aromatic carbocycles. The molecule has 0 radical (unpaired) electrons. The summed E-state index contributed by atoms with van der Waals surface area (Å²) >= 11 is 0. The van der Waals surface area contributed by atoms with E-state index in [0.717, 1.165) is 0 Å². The lowest BCUT2D eigenvalue weighted by Gasteiger charge is -2.18. The number of carbonyl (C=O) groups excluding carboxylic acids is 1. The third-order valence-electron chi connectivity index (χ3n) is 2.48. The van der Waals surface area contributed by atoms with E-state index >= 15 is 0 Å². The topological polar surface area (TPSA) is 78.7 Å². The first kappa shape index (κ1) is 11.4. The van der Waals surface area contributed by atoms with Crippen LogP contribution in [-0.4, -0.2) is 23.9 Å². The highest BCUT2D eigenvalue weighted by atomic mass is 16.6. The minimum Gasteiger partial charge on any atom is -0.486 e. The Morgan fingerprint density at radius 2 is 1.94 bits per heavy atom. The number of nitrogens with zero attached hydrogens (tertiary/aromatic N) is 1. The van der Waals surface area contributed by atoms with Gasteiger partial charge in [0.15, 0.2) is 17.3 Å². The van der Waals surface area contributed by atoms with Crippen molar-refractivity contribution < 1.29 is 19.2 Å². The lowest BCUT2D eigenvalue weighted by atomic mass is 10.1. The Hall–Kier alpha value is -2.11. The molecule has 17 heavy (non-hydrogen) atoms. The number of rotatable bonds is 3. The van der Waals surface area contributed by atoms with Crippen LogP contribution in [0.5, 0.6) is 11.5 Å². The van der Waals surface area contributed by atoms with E-state index in [1.807, 2.05) is 0 Å². The fourth-order valence-corrected chi connectivity index (χ4v) is 1.64. The number of carbonyl (C=O) groups is 1. The van der Waals surface area contributed by atoms with Crippen molar-refractivity contribution in [3.63, 3.8) is 0 Å². The predicted octanol–water partition coefficient (Wildman–Crippen LogP) is 1.96. The SMILES string of the molecule is CCC(=O)c1cc2c(cc1[N+](=O)[O-])OCCO2. The number of ether oxygens (including phenoxy) is 2. The number of Topliss-reactive ketones (excluding diaryl/α,β-unsaturated/α-hetero) is 1. The molecule has 0 N–H and O–H groups in total. The van der Waals surface area contributed by atoms with Crippen LogP contribution < -0.4 is 9.47 Å². The van der Waals surface area contributed by atoms with Crippen LogP contribution in [0.15, 0.2) is 12.1 Å². The van der Waals surface area contributed by atoms with Crippen LogP contribution in [0.25, 0.3) is 0 Å². The third kappa shape index (κ3) is 2.06. The zero-order chi connectivity index (χ0) is 12.4. The number of nitro groups is 1. The maximum Gasteiger partial charge on any atom is 0.284 e. The molecule has 1 aliphatic heterocycles. The molecule has 2 rings (SSSR count). The summed E-state index contributed by atoms with van der Waals surface area (Å²) in [6, 6.07) is 2.63. The van der Waals surface area contributed by atoms with Gasteiger partial charge in [0.25, 0.3) is 5.69 Å². The first-order chi connectivity index (χ1) is 8.13. The third-order valence-corrected chi connectivity index (χ3v) is 2.48. The molecule has 0 aliphatic carbocycles. The lowest BCUT2D eigenvalue weighted by Crippen LogP contribution is -2.16. The van der Waals surface area contributed by atoms with E-state index in [2.05, 4.69) is 0 Å². The van der Waals surface area contributed by atoms with Crippen LogP contribution in [-0.2, 0) is 0 Å². The summed E-state index contributed by atoms with van der Waals surface area (Å²) in [6.07, 6.45) is 0.209. The van der Waals surface area contributed by atoms with Crippen LogP contribution in [0, 0.1) is 10.1 Å². The van der Waals surface area contributed by atoms with Crippen LogP contribution in [0.3, 0.4) is 0 Å². The van der Waals surface area contributed by atoms with E-state index in [-0.39, 0.29) is 23.5 Å². The number of benzene rings is 1. The molecule has 0 saturated carbocycles. The van der Waals surface area contributed by atoms with Crippen LogP contribution >= 0.6 is 0 Å². The fourth-order valence-electron chi connectivity index (χ4n) is 1.64. The Kier molecular flexibility index (Phi) is 2.95. The van der Waals surface area contributed by atoms with Gasteiger partial charge in [0.1, 0.15) is 13.2 Å². The molecule has 6 nitrogen and oxygen atoms in total. The van der Waals surface area contributed by atoms with Crippen molar-refractivity contribution in [2.45, 2.75) is 13.3 Å². The normalized spacial score (nSPS) is 13.2. The minimum absolute atomic E-state index is 0.0711. The van der Waals surface area contributed by atoms with Crippen molar-refractivity contribution in [1.29, 1.82) is 0 Å². The highest BCUT2D eigenvalue weighted by Crippen LogP contribution is 2.36. The molecule has 0 spiro atoms. The van der Waals surface area contributed by atoms with Gasteiger partial charge < -0.3 is 9.47 Å². The standard InChI is InChI=1S/C11H11NO5/c1-2-9(13)7-5-10-11(17-4-3-16-10)6-8(7)12(14)15/h5-6H,2-4H2,1H3. The Morgan fingerprint density at radius 3 is 2.47 bits per heavy atom. The number of hydrogen-bond donors (Lipinski definition) is 0. The predicted molar refractivity (Wildman–Crippen MR) is 58.7 cm³/mol. The highest BCUT2D eigenvalue weighted by molar-refractivity contribution is 6.00. The zero-order valence-electron chi connectivity index (χ0n) is 9.26. The first-order valence-electron chi connectivity index (χ1n) is 5.24. The van der Waals surface area contributed by atoms with E-state index < -0.39 is 4.92 Å². The molecule has 0 atom stereocenters. The Morgan fingerprint density at radius 1 is 1.35 bits per heavy atom. The molecule has 6 heteroatoms. The van der Waals surface area contributed by atoms with Gasteiger partial charge >= 0.3 is 0 Å².